The molecule has 3 N–H and O–H groups in total. The molecule has 0 unspecified atom stereocenters. The van der Waals surface area contributed by atoms with Crippen molar-refractivity contribution in [1.29, 1.82) is 0 Å². The Morgan fingerprint density at radius 1 is 0.833 bits per heavy atom. The second-order valence-electron chi connectivity index (χ2n) is 6.91. The molecule has 0 fully saturated rings. The van der Waals surface area contributed by atoms with Crippen molar-refractivity contribution in [2.75, 3.05) is 29.6 Å². The van der Waals surface area contributed by atoms with Crippen molar-refractivity contribution in [2.24, 2.45) is 0 Å². The molecule has 2 amide bonds. The Kier molecular flexibility index (Phi) is 6.70. The van der Waals surface area contributed by atoms with Crippen molar-refractivity contribution in [1.82, 2.24) is 0 Å². The second-order valence-corrected chi connectivity index (χ2v) is 6.91. The molecule has 0 spiro atoms. The Morgan fingerprint density at radius 3 is 2.17 bits per heavy atom. The van der Waals surface area contributed by atoms with E-state index in [1.165, 1.54) is 0 Å². The lowest BCUT2D eigenvalue weighted by Gasteiger charge is -2.12. The molecular formula is C24H25N3O3. The quantitative estimate of drug-likeness (QED) is 0.538. The van der Waals surface area contributed by atoms with Crippen LogP contribution in [0.15, 0.2) is 66.7 Å². The molecule has 6 nitrogen and oxygen atoms in total. The molecule has 0 heterocycles. The van der Waals surface area contributed by atoms with Gasteiger partial charge in [0, 0.05) is 22.6 Å². The van der Waals surface area contributed by atoms with Gasteiger partial charge in [0.1, 0.15) is 5.75 Å². The van der Waals surface area contributed by atoms with Crippen LogP contribution in [0.4, 0.5) is 17.1 Å². The molecule has 0 aliphatic heterocycles. The normalized spacial score (nSPS) is 10.2. The first-order valence-electron chi connectivity index (χ1n) is 9.61. The van der Waals surface area contributed by atoms with E-state index in [9.17, 15) is 9.59 Å². The van der Waals surface area contributed by atoms with Crippen LogP contribution in [0.3, 0.4) is 0 Å². The number of carbonyl (C=O) groups is 2. The van der Waals surface area contributed by atoms with Gasteiger partial charge in [-0.3, -0.25) is 9.59 Å². The summed E-state index contributed by atoms with van der Waals surface area (Å²) in [4.78, 5) is 24.6. The maximum atomic E-state index is 12.4. The molecule has 0 saturated heterocycles. The fourth-order valence-electron chi connectivity index (χ4n) is 2.88. The lowest BCUT2D eigenvalue weighted by Crippen LogP contribution is -2.22. The first-order valence-corrected chi connectivity index (χ1v) is 9.61. The predicted octanol–water partition coefficient (Wildman–Crippen LogP) is 4.61. The summed E-state index contributed by atoms with van der Waals surface area (Å²) in [6, 6.07) is 19.9. The number of nitrogens with one attached hydrogen (secondary N) is 3. The maximum Gasteiger partial charge on any atom is 0.255 e. The first-order chi connectivity index (χ1) is 14.5. The zero-order valence-electron chi connectivity index (χ0n) is 17.3. The smallest absolute Gasteiger partial charge is 0.255 e. The number of methoxy groups -OCH3 is 1. The third-order valence-corrected chi connectivity index (χ3v) is 4.83. The van der Waals surface area contributed by atoms with E-state index in [0.29, 0.717) is 11.3 Å². The zero-order valence-corrected chi connectivity index (χ0v) is 17.3. The Morgan fingerprint density at radius 2 is 1.50 bits per heavy atom. The van der Waals surface area contributed by atoms with Gasteiger partial charge in [0.05, 0.1) is 13.7 Å². The number of amides is 2. The minimum absolute atomic E-state index is 0.130. The monoisotopic (exact) mass is 403 g/mol. The summed E-state index contributed by atoms with van der Waals surface area (Å²) in [6.07, 6.45) is 0. The van der Waals surface area contributed by atoms with Crippen molar-refractivity contribution in [3.05, 3.63) is 83.4 Å². The van der Waals surface area contributed by atoms with E-state index in [1.54, 1.807) is 55.6 Å². The van der Waals surface area contributed by atoms with E-state index in [0.717, 1.165) is 28.3 Å². The first kappa shape index (κ1) is 20.9. The van der Waals surface area contributed by atoms with Crippen molar-refractivity contribution in [3.8, 4) is 5.75 Å². The van der Waals surface area contributed by atoms with Crippen molar-refractivity contribution >= 4 is 28.9 Å². The topological polar surface area (TPSA) is 79.5 Å². The third-order valence-electron chi connectivity index (χ3n) is 4.83. The number of rotatable bonds is 7. The fourth-order valence-corrected chi connectivity index (χ4v) is 2.88. The van der Waals surface area contributed by atoms with Crippen molar-refractivity contribution < 1.29 is 14.3 Å². The molecule has 0 bridgehead atoms. The lowest BCUT2D eigenvalue weighted by atomic mass is 10.1. The number of hydrogen-bond acceptors (Lipinski definition) is 4. The number of aryl methyl sites for hydroxylation is 1. The molecule has 154 valence electrons. The summed E-state index contributed by atoms with van der Waals surface area (Å²) in [5, 5.41) is 8.82. The largest absolute Gasteiger partial charge is 0.497 e. The molecule has 3 aromatic rings. The van der Waals surface area contributed by atoms with Gasteiger partial charge in [-0.15, -0.1) is 0 Å². The van der Waals surface area contributed by atoms with E-state index in [-0.39, 0.29) is 18.4 Å². The number of ether oxygens (including phenoxy) is 1. The Balaban J connectivity index is 1.52. The van der Waals surface area contributed by atoms with Gasteiger partial charge in [0.15, 0.2) is 0 Å². The molecular weight excluding hydrogens is 378 g/mol. The number of carbonyl (C=O) groups excluding carboxylic acids is 2. The van der Waals surface area contributed by atoms with Gasteiger partial charge in [-0.1, -0.05) is 12.1 Å². The molecule has 0 radical (unpaired) electrons. The van der Waals surface area contributed by atoms with Gasteiger partial charge in [-0.2, -0.15) is 0 Å². The van der Waals surface area contributed by atoms with E-state index in [4.69, 9.17) is 4.74 Å². The van der Waals surface area contributed by atoms with Crippen LogP contribution in [-0.2, 0) is 4.79 Å². The van der Waals surface area contributed by atoms with Crippen LogP contribution in [0.5, 0.6) is 5.75 Å². The second kappa shape index (κ2) is 9.60. The highest BCUT2D eigenvalue weighted by Crippen LogP contribution is 2.18. The van der Waals surface area contributed by atoms with Gasteiger partial charge in [-0.25, -0.2) is 0 Å². The highest BCUT2D eigenvalue weighted by atomic mass is 16.5. The van der Waals surface area contributed by atoms with Gasteiger partial charge in [0.25, 0.3) is 5.91 Å². The summed E-state index contributed by atoms with van der Waals surface area (Å²) >= 11 is 0. The van der Waals surface area contributed by atoms with Crippen molar-refractivity contribution in [2.45, 2.75) is 13.8 Å². The highest BCUT2D eigenvalue weighted by molar-refractivity contribution is 6.04. The van der Waals surface area contributed by atoms with Gasteiger partial charge in [0.2, 0.25) is 5.91 Å². The molecule has 0 aliphatic rings. The van der Waals surface area contributed by atoms with Crippen LogP contribution in [-0.4, -0.2) is 25.5 Å². The maximum absolute atomic E-state index is 12.4. The minimum atomic E-state index is -0.209. The molecule has 3 aromatic carbocycles. The molecule has 3 rings (SSSR count). The summed E-state index contributed by atoms with van der Waals surface area (Å²) in [7, 11) is 1.59. The van der Waals surface area contributed by atoms with E-state index >= 15 is 0 Å². The summed E-state index contributed by atoms with van der Waals surface area (Å²) in [5.41, 5.74) is 4.96. The average molecular weight is 403 g/mol. The Hall–Kier alpha value is -3.80. The zero-order chi connectivity index (χ0) is 21.5. The Labute approximate surface area is 176 Å². The van der Waals surface area contributed by atoms with Gasteiger partial charge >= 0.3 is 0 Å². The van der Waals surface area contributed by atoms with E-state index in [2.05, 4.69) is 16.0 Å². The fraction of sp³-hybridized carbons (Fsp3) is 0.167. The molecule has 6 heteroatoms. The summed E-state index contributed by atoms with van der Waals surface area (Å²) in [5.74, 6) is 0.384. The SMILES string of the molecule is COc1ccc(NC(=O)c2ccc(NCC(=O)Nc3cccc(C)c3C)cc2)cc1. The predicted molar refractivity (Wildman–Crippen MR) is 120 cm³/mol. The van der Waals surface area contributed by atoms with Crippen LogP contribution >= 0.6 is 0 Å². The standard InChI is InChI=1S/C24H25N3O3/c1-16-5-4-6-22(17(16)2)27-23(28)15-25-19-9-7-18(8-10-19)24(29)26-20-11-13-21(30-3)14-12-20/h4-14,25H,15H2,1-3H3,(H,26,29)(H,27,28). The molecule has 30 heavy (non-hydrogen) atoms. The summed E-state index contributed by atoms with van der Waals surface area (Å²) < 4.78 is 5.11. The minimum Gasteiger partial charge on any atom is -0.497 e. The number of hydrogen-bond donors (Lipinski definition) is 3. The van der Waals surface area contributed by atoms with E-state index < -0.39 is 0 Å². The molecule has 0 aliphatic carbocycles. The molecule has 0 saturated carbocycles. The van der Waals surface area contributed by atoms with Crippen LogP contribution in [0.2, 0.25) is 0 Å². The lowest BCUT2D eigenvalue weighted by molar-refractivity contribution is -0.114. The average Bonchev–Trinajstić information content (AvgIpc) is 2.76. The highest BCUT2D eigenvalue weighted by Gasteiger charge is 2.08. The van der Waals surface area contributed by atoms with Gasteiger partial charge in [-0.05, 0) is 79.6 Å². The van der Waals surface area contributed by atoms with Crippen LogP contribution in [0, 0.1) is 13.8 Å². The number of benzene rings is 3. The van der Waals surface area contributed by atoms with Crippen LogP contribution < -0.4 is 20.7 Å². The molecule has 0 atom stereocenters. The van der Waals surface area contributed by atoms with Crippen LogP contribution in [0.1, 0.15) is 21.5 Å². The van der Waals surface area contributed by atoms with Crippen molar-refractivity contribution in [3.63, 3.8) is 0 Å². The van der Waals surface area contributed by atoms with Crippen LogP contribution in [0.25, 0.3) is 0 Å². The number of anilines is 3. The van der Waals surface area contributed by atoms with E-state index in [1.807, 2.05) is 32.0 Å². The van der Waals surface area contributed by atoms with Gasteiger partial charge < -0.3 is 20.7 Å². The Bertz CT molecular complexity index is 1030. The summed E-state index contributed by atoms with van der Waals surface area (Å²) in [6.45, 7) is 4.12. The molecule has 0 aromatic heterocycles. The third kappa shape index (κ3) is 5.38.